The van der Waals surface area contributed by atoms with Gasteiger partial charge >= 0.3 is 0 Å². The molecule has 1 aromatic carbocycles. The second kappa shape index (κ2) is 6.65. The molecule has 0 aliphatic carbocycles. The van der Waals surface area contributed by atoms with Crippen LogP contribution in [0, 0.1) is 11.3 Å². The fourth-order valence-electron chi connectivity index (χ4n) is 1.80. The highest BCUT2D eigenvalue weighted by atomic mass is 16.2. The molecular formula is C14H19N3O. The Balaban J connectivity index is 2.73. The van der Waals surface area contributed by atoms with Crippen molar-refractivity contribution in [1.29, 1.82) is 5.26 Å². The third-order valence-electron chi connectivity index (χ3n) is 2.80. The Labute approximate surface area is 108 Å². The van der Waals surface area contributed by atoms with Gasteiger partial charge in [-0.1, -0.05) is 18.2 Å². The summed E-state index contributed by atoms with van der Waals surface area (Å²) in [6.45, 7) is 4.37. The summed E-state index contributed by atoms with van der Waals surface area (Å²) < 4.78 is 0. The van der Waals surface area contributed by atoms with Crippen molar-refractivity contribution in [3.05, 3.63) is 29.8 Å². The van der Waals surface area contributed by atoms with Crippen LogP contribution in [0.1, 0.15) is 25.8 Å². The molecule has 1 rings (SSSR count). The van der Waals surface area contributed by atoms with Crippen LogP contribution in [0.2, 0.25) is 0 Å². The molecule has 0 aromatic heterocycles. The van der Waals surface area contributed by atoms with Gasteiger partial charge in [0.1, 0.15) is 0 Å². The number of anilines is 1. The number of rotatable bonds is 5. The zero-order chi connectivity index (χ0) is 13.5. The van der Waals surface area contributed by atoms with Gasteiger partial charge in [0.05, 0.1) is 18.9 Å². The van der Waals surface area contributed by atoms with Gasteiger partial charge in [-0.2, -0.15) is 5.26 Å². The van der Waals surface area contributed by atoms with E-state index in [0.29, 0.717) is 18.7 Å². The van der Waals surface area contributed by atoms with E-state index < -0.39 is 0 Å². The van der Waals surface area contributed by atoms with E-state index >= 15 is 0 Å². The zero-order valence-electron chi connectivity index (χ0n) is 10.9. The number of nitrogens with two attached hydrogens (primary N) is 1. The van der Waals surface area contributed by atoms with Gasteiger partial charge in [0, 0.05) is 18.3 Å². The molecule has 2 N–H and O–H groups in total. The van der Waals surface area contributed by atoms with Crippen LogP contribution in [0.3, 0.4) is 0 Å². The predicted octanol–water partition coefficient (Wildman–Crippen LogP) is 1.96. The summed E-state index contributed by atoms with van der Waals surface area (Å²) in [5.41, 5.74) is 7.29. The number of hydrogen-bond acceptors (Lipinski definition) is 3. The van der Waals surface area contributed by atoms with E-state index in [-0.39, 0.29) is 18.4 Å². The topological polar surface area (TPSA) is 70.1 Å². The number of nitriles is 1. The minimum absolute atomic E-state index is 0.0122. The first-order valence-electron chi connectivity index (χ1n) is 6.06. The van der Waals surface area contributed by atoms with E-state index in [1.54, 1.807) is 11.0 Å². The van der Waals surface area contributed by atoms with E-state index in [9.17, 15) is 4.79 Å². The summed E-state index contributed by atoms with van der Waals surface area (Å²) in [5.74, 6) is 0.0122. The first-order chi connectivity index (χ1) is 8.56. The summed E-state index contributed by atoms with van der Waals surface area (Å²) in [7, 11) is 0. The van der Waals surface area contributed by atoms with Crippen LogP contribution in [0.4, 0.5) is 5.69 Å². The number of nitrogens with zero attached hydrogens (tertiary/aromatic N) is 2. The SMILES string of the molecule is CC(C)N(CCC#N)C(=O)Cc1ccccc1N. The average Bonchev–Trinajstić information content (AvgIpc) is 2.32. The molecule has 1 amide bonds. The van der Waals surface area contributed by atoms with Crippen molar-refractivity contribution in [2.75, 3.05) is 12.3 Å². The number of carbonyl (C=O) groups is 1. The third-order valence-corrected chi connectivity index (χ3v) is 2.80. The molecule has 0 aliphatic rings. The molecule has 0 bridgehead atoms. The summed E-state index contributed by atoms with van der Waals surface area (Å²) in [6.07, 6.45) is 0.643. The number of carbonyl (C=O) groups excluding carboxylic acids is 1. The Bertz CT molecular complexity index is 449. The van der Waals surface area contributed by atoms with Crippen LogP contribution in [0.5, 0.6) is 0 Å². The van der Waals surface area contributed by atoms with E-state index in [4.69, 9.17) is 11.0 Å². The first-order valence-corrected chi connectivity index (χ1v) is 6.06. The Morgan fingerprint density at radius 2 is 2.11 bits per heavy atom. The summed E-state index contributed by atoms with van der Waals surface area (Å²) >= 11 is 0. The van der Waals surface area contributed by atoms with Crippen LogP contribution < -0.4 is 5.73 Å². The summed E-state index contributed by atoms with van der Waals surface area (Å²) in [5, 5.41) is 8.60. The van der Waals surface area contributed by atoms with Crippen molar-refractivity contribution in [3.8, 4) is 6.07 Å². The van der Waals surface area contributed by atoms with Gasteiger partial charge in [0.15, 0.2) is 0 Å². The number of benzene rings is 1. The lowest BCUT2D eigenvalue weighted by Gasteiger charge is -2.26. The van der Waals surface area contributed by atoms with Crippen LogP contribution in [0.15, 0.2) is 24.3 Å². The molecule has 0 unspecified atom stereocenters. The van der Waals surface area contributed by atoms with Gasteiger partial charge in [-0.3, -0.25) is 4.79 Å². The molecule has 0 heterocycles. The summed E-state index contributed by atoms with van der Waals surface area (Å²) in [6, 6.07) is 9.52. The van der Waals surface area contributed by atoms with Crippen molar-refractivity contribution >= 4 is 11.6 Å². The molecule has 0 radical (unpaired) electrons. The van der Waals surface area contributed by atoms with Gasteiger partial charge in [-0.15, -0.1) is 0 Å². The quantitative estimate of drug-likeness (QED) is 0.806. The highest BCUT2D eigenvalue weighted by molar-refractivity contribution is 5.80. The largest absolute Gasteiger partial charge is 0.398 e. The second-order valence-electron chi connectivity index (χ2n) is 4.46. The number of hydrogen-bond donors (Lipinski definition) is 1. The van der Waals surface area contributed by atoms with E-state index in [0.717, 1.165) is 5.56 Å². The molecule has 4 heteroatoms. The minimum Gasteiger partial charge on any atom is -0.398 e. The number of para-hydroxylation sites is 1. The molecule has 96 valence electrons. The fourth-order valence-corrected chi connectivity index (χ4v) is 1.80. The van der Waals surface area contributed by atoms with Crippen LogP contribution in [-0.4, -0.2) is 23.4 Å². The van der Waals surface area contributed by atoms with Crippen molar-refractivity contribution in [2.24, 2.45) is 0 Å². The zero-order valence-corrected chi connectivity index (χ0v) is 10.9. The number of amides is 1. The molecule has 4 nitrogen and oxygen atoms in total. The van der Waals surface area contributed by atoms with Crippen molar-refractivity contribution < 1.29 is 4.79 Å². The Hall–Kier alpha value is -2.02. The van der Waals surface area contributed by atoms with Crippen LogP contribution in [0.25, 0.3) is 0 Å². The normalized spacial score (nSPS) is 10.1. The molecule has 1 aromatic rings. The maximum absolute atomic E-state index is 12.2. The number of nitrogen functional groups attached to an aromatic ring is 1. The molecule has 0 fully saturated rings. The predicted molar refractivity (Wildman–Crippen MR) is 71.6 cm³/mol. The lowest BCUT2D eigenvalue weighted by atomic mass is 10.1. The fraction of sp³-hybridized carbons (Fsp3) is 0.429. The van der Waals surface area contributed by atoms with E-state index in [2.05, 4.69) is 6.07 Å². The molecule has 0 saturated heterocycles. The van der Waals surface area contributed by atoms with Crippen LogP contribution >= 0.6 is 0 Å². The molecule has 0 saturated carbocycles. The first kappa shape index (κ1) is 14.0. The van der Waals surface area contributed by atoms with Gasteiger partial charge in [-0.25, -0.2) is 0 Å². The van der Waals surface area contributed by atoms with Crippen molar-refractivity contribution in [3.63, 3.8) is 0 Å². The van der Waals surface area contributed by atoms with Crippen molar-refractivity contribution in [1.82, 2.24) is 4.90 Å². The van der Waals surface area contributed by atoms with Gasteiger partial charge in [0.2, 0.25) is 5.91 Å². The van der Waals surface area contributed by atoms with Gasteiger partial charge < -0.3 is 10.6 Å². The maximum atomic E-state index is 12.2. The molecule has 0 atom stereocenters. The Morgan fingerprint density at radius 3 is 2.67 bits per heavy atom. The monoisotopic (exact) mass is 245 g/mol. The minimum atomic E-state index is 0.0122. The highest BCUT2D eigenvalue weighted by Gasteiger charge is 2.17. The lowest BCUT2D eigenvalue weighted by molar-refractivity contribution is -0.132. The Morgan fingerprint density at radius 1 is 1.44 bits per heavy atom. The van der Waals surface area contributed by atoms with E-state index in [1.807, 2.05) is 32.0 Å². The Kier molecular flexibility index (Phi) is 5.19. The second-order valence-corrected chi connectivity index (χ2v) is 4.46. The van der Waals surface area contributed by atoms with Crippen LogP contribution in [-0.2, 0) is 11.2 Å². The highest BCUT2D eigenvalue weighted by Crippen LogP contribution is 2.13. The average molecular weight is 245 g/mol. The van der Waals surface area contributed by atoms with Gasteiger partial charge in [0.25, 0.3) is 0 Å². The van der Waals surface area contributed by atoms with Gasteiger partial charge in [-0.05, 0) is 25.5 Å². The maximum Gasteiger partial charge on any atom is 0.227 e. The molecule has 0 aliphatic heterocycles. The molecule has 18 heavy (non-hydrogen) atoms. The third kappa shape index (κ3) is 3.77. The van der Waals surface area contributed by atoms with E-state index in [1.165, 1.54) is 0 Å². The standard InChI is InChI=1S/C14H19N3O/c1-11(2)17(9-5-8-15)14(18)10-12-6-3-4-7-13(12)16/h3-4,6-7,11H,5,9-10,16H2,1-2H3. The van der Waals surface area contributed by atoms with Crippen molar-refractivity contribution in [2.45, 2.75) is 32.7 Å². The molecule has 0 spiro atoms. The lowest BCUT2D eigenvalue weighted by Crippen LogP contribution is -2.38. The summed E-state index contributed by atoms with van der Waals surface area (Å²) in [4.78, 5) is 13.9. The smallest absolute Gasteiger partial charge is 0.227 e. The molecular weight excluding hydrogens is 226 g/mol.